The van der Waals surface area contributed by atoms with Crippen LogP contribution in [-0.2, 0) is 11.3 Å². The smallest absolute Gasteiger partial charge is 0.191 e. The lowest BCUT2D eigenvalue weighted by Gasteiger charge is -2.16. The van der Waals surface area contributed by atoms with Crippen LogP contribution in [0.5, 0.6) is 5.75 Å². The average molecular weight is 465 g/mol. The Morgan fingerprint density at radius 3 is 2.92 bits per heavy atom. The monoisotopic (exact) mass is 465 g/mol. The zero-order valence-corrected chi connectivity index (χ0v) is 17.3. The number of halogens is 2. The van der Waals surface area contributed by atoms with Gasteiger partial charge in [-0.05, 0) is 31.4 Å². The molecular formula is C18H29FIN3O2. The van der Waals surface area contributed by atoms with Crippen LogP contribution in [0, 0.1) is 12.8 Å². The van der Waals surface area contributed by atoms with Crippen LogP contribution in [0.15, 0.2) is 23.2 Å². The molecule has 1 aromatic rings. The van der Waals surface area contributed by atoms with E-state index in [2.05, 4.69) is 40.7 Å². The Labute approximate surface area is 166 Å². The molecule has 1 aromatic carbocycles. The van der Waals surface area contributed by atoms with Crippen LogP contribution in [0.3, 0.4) is 0 Å². The first-order chi connectivity index (χ1) is 11.7. The van der Waals surface area contributed by atoms with Gasteiger partial charge in [-0.15, -0.1) is 24.0 Å². The van der Waals surface area contributed by atoms with Crippen LogP contribution in [-0.4, -0.2) is 46.0 Å². The summed E-state index contributed by atoms with van der Waals surface area (Å²) in [6.45, 7) is 5.19. The van der Waals surface area contributed by atoms with Crippen LogP contribution in [0.1, 0.15) is 24.0 Å². The van der Waals surface area contributed by atoms with E-state index in [4.69, 9.17) is 9.47 Å². The highest BCUT2D eigenvalue weighted by molar-refractivity contribution is 14.0. The second-order valence-electron chi connectivity index (χ2n) is 6.05. The molecule has 0 bridgehead atoms. The third-order valence-electron chi connectivity index (χ3n) is 3.99. The van der Waals surface area contributed by atoms with Crippen molar-refractivity contribution in [1.82, 2.24) is 10.6 Å². The van der Waals surface area contributed by atoms with Gasteiger partial charge >= 0.3 is 0 Å². The van der Waals surface area contributed by atoms with Gasteiger partial charge in [-0.2, -0.15) is 0 Å². The zero-order chi connectivity index (χ0) is 17.2. The molecule has 1 unspecified atom stereocenters. The van der Waals surface area contributed by atoms with E-state index >= 15 is 0 Å². The van der Waals surface area contributed by atoms with Crippen LogP contribution in [0.2, 0.25) is 0 Å². The Balaban J connectivity index is 0.00000312. The highest BCUT2D eigenvalue weighted by Crippen LogP contribution is 2.22. The Bertz CT molecular complexity index is 537. The van der Waals surface area contributed by atoms with E-state index < -0.39 is 0 Å². The minimum absolute atomic E-state index is 0. The summed E-state index contributed by atoms with van der Waals surface area (Å²) in [5, 5.41) is 6.33. The summed E-state index contributed by atoms with van der Waals surface area (Å²) in [6.07, 6.45) is 1.54. The van der Waals surface area contributed by atoms with Crippen molar-refractivity contribution >= 4 is 29.9 Å². The number of guanidine groups is 1. The second kappa shape index (κ2) is 12.3. The molecule has 0 aliphatic carbocycles. The Hall–Kier alpha value is -1.09. The quantitative estimate of drug-likeness (QED) is 0.268. The number of hydrogen-bond donors (Lipinski definition) is 2. The van der Waals surface area contributed by atoms with Gasteiger partial charge in [-0.1, -0.05) is 12.1 Å². The van der Waals surface area contributed by atoms with Crippen LogP contribution < -0.4 is 15.4 Å². The van der Waals surface area contributed by atoms with E-state index in [1.54, 1.807) is 7.05 Å². The highest BCUT2D eigenvalue weighted by atomic mass is 127. The minimum atomic E-state index is -0.329. The van der Waals surface area contributed by atoms with Crippen LogP contribution >= 0.6 is 24.0 Å². The number of ether oxygens (including phenoxy) is 2. The van der Waals surface area contributed by atoms with Gasteiger partial charge in [0, 0.05) is 38.2 Å². The van der Waals surface area contributed by atoms with E-state index in [-0.39, 0.29) is 30.7 Å². The van der Waals surface area contributed by atoms with Crippen molar-refractivity contribution in [2.45, 2.75) is 26.3 Å². The van der Waals surface area contributed by atoms with Crippen LogP contribution in [0.25, 0.3) is 0 Å². The van der Waals surface area contributed by atoms with Crippen molar-refractivity contribution in [2.75, 3.05) is 40.1 Å². The molecule has 1 aliphatic rings. The highest BCUT2D eigenvalue weighted by Gasteiger charge is 2.17. The molecule has 142 valence electrons. The largest absolute Gasteiger partial charge is 0.493 e. The predicted molar refractivity (Wildman–Crippen MR) is 110 cm³/mol. The van der Waals surface area contributed by atoms with Crippen molar-refractivity contribution in [3.8, 4) is 5.75 Å². The van der Waals surface area contributed by atoms with Gasteiger partial charge < -0.3 is 20.1 Å². The molecule has 1 heterocycles. The van der Waals surface area contributed by atoms with Gasteiger partial charge in [0.2, 0.25) is 0 Å². The first-order valence-corrected chi connectivity index (χ1v) is 8.53. The van der Waals surface area contributed by atoms with Gasteiger partial charge in [0.05, 0.1) is 19.9 Å². The maximum Gasteiger partial charge on any atom is 0.191 e. The minimum Gasteiger partial charge on any atom is -0.493 e. The zero-order valence-electron chi connectivity index (χ0n) is 15.0. The lowest BCUT2D eigenvalue weighted by Crippen LogP contribution is -2.37. The fourth-order valence-corrected chi connectivity index (χ4v) is 2.54. The van der Waals surface area contributed by atoms with E-state index in [1.165, 1.54) is 5.56 Å². The van der Waals surface area contributed by atoms with E-state index in [1.807, 2.05) is 0 Å². The molecule has 0 radical (unpaired) electrons. The molecule has 5 nitrogen and oxygen atoms in total. The predicted octanol–water partition coefficient (Wildman–Crippen LogP) is 3.05. The third kappa shape index (κ3) is 7.77. The molecule has 1 atom stereocenters. The molecular weight excluding hydrogens is 436 g/mol. The molecule has 0 spiro atoms. The second-order valence-corrected chi connectivity index (χ2v) is 6.05. The third-order valence-corrected chi connectivity index (χ3v) is 3.99. The first kappa shape index (κ1) is 22.0. The lowest BCUT2D eigenvalue weighted by molar-refractivity contribution is 0.166. The van der Waals surface area contributed by atoms with Gasteiger partial charge in [0.15, 0.2) is 5.96 Å². The summed E-state index contributed by atoms with van der Waals surface area (Å²) in [5.41, 5.74) is 2.25. The standard InChI is InChI=1S/C18H28FN3O2.HI/c1-14-4-5-16(11-22-18(20-2)21-8-3-7-19)17(10-14)24-13-15-6-9-23-12-15;/h4-5,10,15H,3,6-9,11-13H2,1-2H3,(H2,20,21,22);1H. The normalized spacial score (nSPS) is 17.1. The number of aliphatic imine (C=N–C) groups is 1. The number of hydrogen-bond acceptors (Lipinski definition) is 3. The molecule has 1 fully saturated rings. The fraction of sp³-hybridized carbons (Fsp3) is 0.611. The average Bonchev–Trinajstić information content (AvgIpc) is 3.11. The molecule has 25 heavy (non-hydrogen) atoms. The molecule has 1 saturated heterocycles. The molecule has 0 aromatic heterocycles. The summed E-state index contributed by atoms with van der Waals surface area (Å²) in [4.78, 5) is 4.15. The number of rotatable bonds is 8. The van der Waals surface area contributed by atoms with Gasteiger partial charge in [-0.3, -0.25) is 9.38 Å². The maximum absolute atomic E-state index is 12.2. The summed E-state index contributed by atoms with van der Waals surface area (Å²) in [6, 6.07) is 6.20. The number of nitrogens with zero attached hydrogens (tertiary/aromatic N) is 1. The lowest BCUT2D eigenvalue weighted by atomic mass is 10.1. The topological polar surface area (TPSA) is 54.9 Å². The molecule has 7 heteroatoms. The van der Waals surface area contributed by atoms with E-state index in [0.29, 0.717) is 38.0 Å². The molecule has 1 aliphatic heterocycles. The van der Waals surface area contributed by atoms with Crippen molar-refractivity contribution in [2.24, 2.45) is 10.9 Å². The fourth-order valence-electron chi connectivity index (χ4n) is 2.54. The van der Waals surface area contributed by atoms with E-state index in [9.17, 15) is 4.39 Å². The molecule has 2 N–H and O–H groups in total. The summed E-state index contributed by atoms with van der Waals surface area (Å²) < 4.78 is 23.6. The Morgan fingerprint density at radius 1 is 1.40 bits per heavy atom. The maximum atomic E-state index is 12.2. The summed E-state index contributed by atoms with van der Waals surface area (Å²) >= 11 is 0. The van der Waals surface area contributed by atoms with Crippen molar-refractivity contribution in [3.63, 3.8) is 0 Å². The Morgan fingerprint density at radius 2 is 2.24 bits per heavy atom. The van der Waals surface area contributed by atoms with Gasteiger partial charge in [0.1, 0.15) is 5.75 Å². The van der Waals surface area contributed by atoms with Crippen molar-refractivity contribution < 1.29 is 13.9 Å². The van der Waals surface area contributed by atoms with Gasteiger partial charge in [0.25, 0.3) is 0 Å². The SMILES string of the molecule is CN=C(NCCCF)NCc1ccc(C)cc1OCC1CCOC1.I. The number of nitrogens with one attached hydrogen (secondary N) is 2. The molecule has 2 rings (SSSR count). The number of alkyl halides is 1. The first-order valence-electron chi connectivity index (χ1n) is 8.53. The number of aryl methyl sites for hydroxylation is 1. The molecule has 0 saturated carbocycles. The van der Waals surface area contributed by atoms with Crippen LogP contribution in [0.4, 0.5) is 4.39 Å². The van der Waals surface area contributed by atoms with Gasteiger partial charge in [-0.25, -0.2) is 0 Å². The van der Waals surface area contributed by atoms with Crippen molar-refractivity contribution in [1.29, 1.82) is 0 Å². The Kier molecular flexibility index (Phi) is 10.8. The number of benzene rings is 1. The summed E-state index contributed by atoms with van der Waals surface area (Å²) in [7, 11) is 1.71. The summed E-state index contributed by atoms with van der Waals surface area (Å²) in [5.74, 6) is 2.04. The van der Waals surface area contributed by atoms with E-state index in [0.717, 1.165) is 30.9 Å². The van der Waals surface area contributed by atoms with Crippen molar-refractivity contribution in [3.05, 3.63) is 29.3 Å². The molecule has 0 amide bonds.